The van der Waals surface area contributed by atoms with Gasteiger partial charge in [-0.05, 0) is 23.6 Å². The number of anilines is 1. The smallest absolute Gasteiger partial charge is 0.307 e. The maximum atomic E-state index is 12.1. The predicted molar refractivity (Wildman–Crippen MR) is 77.0 cm³/mol. The fourth-order valence-corrected chi connectivity index (χ4v) is 2.81. The van der Waals surface area contributed by atoms with Gasteiger partial charge in [0.1, 0.15) is 0 Å². The average Bonchev–Trinajstić information content (AvgIpc) is 2.94. The largest absolute Gasteiger partial charge is 0.481 e. The van der Waals surface area contributed by atoms with Crippen LogP contribution in [-0.2, 0) is 9.59 Å². The zero-order valence-electron chi connectivity index (χ0n) is 11.5. The third kappa shape index (κ3) is 2.71. The molecule has 112 valence electrons. The molecule has 2 atom stereocenters. The van der Waals surface area contributed by atoms with Crippen molar-refractivity contribution in [2.75, 3.05) is 5.32 Å². The van der Waals surface area contributed by atoms with E-state index in [0.29, 0.717) is 5.69 Å². The second-order valence-corrected chi connectivity index (χ2v) is 6.07. The van der Waals surface area contributed by atoms with Crippen molar-refractivity contribution in [1.82, 2.24) is 0 Å². The highest BCUT2D eigenvalue weighted by atomic mass is 35.5. The molecule has 2 rings (SSSR count). The van der Waals surface area contributed by atoms with Crippen molar-refractivity contribution in [3.8, 4) is 0 Å². The van der Waals surface area contributed by atoms with E-state index in [1.807, 2.05) is 0 Å². The Morgan fingerprint density at radius 1 is 1.29 bits per heavy atom. The summed E-state index contributed by atoms with van der Waals surface area (Å²) in [5, 5.41) is 11.9. The van der Waals surface area contributed by atoms with Crippen LogP contribution >= 0.6 is 11.6 Å². The summed E-state index contributed by atoms with van der Waals surface area (Å²) in [4.78, 5) is 34.4. The number of amides is 2. The number of primary amides is 1. The summed E-state index contributed by atoms with van der Waals surface area (Å²) < 4.78 is 0. The van der Waals surface area contributed by atoms with Crippen LogP contribution in [0.25, 0.3) is 0 Å². The third-order valence-electron chi connectivity index (χ3n) is 3.88. The van der Waals surface area contributed by atoms with Gasteiger partial charge >= 0.3 is 5.97 Å². The lowest BCUT2D eigenvalue weighted by Crippen LogP contribution is -2.18. The van der Waals surface area contributed by atoms with Gasteiger partial charge in [-0.25, -0.2) is 0 Å². The molecule has 6 nitrogen and oxygen atoms in total. The lowest BCUT2D eigenvalue weighted by atomic mass is 10.1. The second-order valence-electron chi connectivity index (χ2n) is 5.66. The number of carboxylic acids is 1. The molecule has 1 aromatic carbocycles. The van der Waals surface area contributed by atoms with Crippen LogP contribution in [0.5, 0.6) is 0 Å². The molecule has 1 fully saturated rings. The minimum atomic E-state index is -0.992. The summed E-state index contributed by atoms with van der Waals surface area (Å²) in [5.74, 6) is -3.41. The van der Waals surface area contributed by atoms with Crippen LogP contribution in [0.2, 0.25) is 5.02 Å². The van der Waals surface area contributed by atoms with Gasteiger partial charge in [0, 0.05) is 5.69 Å². The fourth-order valence-electron chi connectivity index (χ4n) is 2.60. The second kappa shape index (κ2) is 5.04. The van der Waals surface area contributed by atoms with Crippen LogP contribution < -0.4 is 11.1 Å². The van der Waals surface area contributed by atoms with Gasteiger partial charge in [-0.15, -0.1) is 0 Å². The molecule has 1 saturated carbocycles. The Morgan fingerprint density at radius 3 is 2.38 bits per heavy atom. The molecule has 0 spiro atoms. The maximum absolute atomic E-state index is 12.1. The molecule has 0 aromatic heterocycles. The highest BCUT2D eigenvalue weighted by Crippen LogP contribution is 2.58. The van der Waals surface area contributed by atoms with Crippen molar-refractivity contribution in [2.45, 2.75) is 13.8 Å². The Hall–Kier alpha value is -2.08. The third-order valence-corrected chi connectivity index (χ3v) is 4.20. The van der Waals surface area contributed by atoms with Crippen LogP contribution in [0.1, 0.15) is 24.2 Å². The van der Waals surface area contributed by atoms with Crippen molar-refractivity contribution >= 4 is 35.1 Å². The molecular weight excluding hydrogens is 296 g/mol. The zero-order valence-corrected chi connectivity index (χ0v) is 12.3. The molecule has 0 saturated heterocycles. The summed E-state index contributed by atoms with van der Waals surface area (Å²) in [6.07, 6.45) is 0. The Balaban J connectivity index is 2.17. The topological polar surface area (TPSA) is 109 Å². The number of hydrogen-bond acceptors (Lipinski definition) is 3. The molecule has 1 aliphatic rings. The molecule has 0 radical (unpaired) electrons. The number of halogens is 1. The van der Waals surface area contributed by atoms with Crippen molar-refractivity contribution in [3.63, 3.8) is 0 Å². The Kier molecular flexibility index (Phi) is 3.67. The van der Waals surface area contributed by atoms with E-state index in [2.05, 4.69) is 5.32 Å². The molecule has 0 unspecified atom stereocenters. The molecular formula is C14H15ClN2O4. The first-order valence-corrected chi connectivity index (χ1v) is 6.67. The van der Waals surface area contributed by atoms with Crippen LogP contribution in [0.3, 0.4) is 0 Å². The number of nitrogens with one attached hydrogen (secondary N) is 1. The molecule has 1 aliphatic carbocycles. The lowest BCUT2D eigenvalue weighted by Gasteiger charge is -2.08. The Morgan fingerprint density at radius 2 is 1.90 bits per heavy atom. The number of carboxylic acid groups (broad SMARTS) is 1. The number of benzene rings is 1. The highest BCUT2D eigenvalue weighted by Gasteiger charge is 2.65. The van der Waals surface area contributed by atoms with Gasteiger partial charge in [0.15, 0.2) is 0 Å². The van der Waals surface area contributed by atoms with Crippen molar-refractivity contribution in [2.24, 2.45) is 23.0 Å². The van der Waals surface area contributed by atoms with Crippen LogP contribution in [0, 0.1) is 17.3 Å². The van der Waals surface area contributed by atoms with Crippen molar-refractivity contribution < 1.29 is 19.5 Å². The van der Waals surface area contributed by atoms with Crippen LogP contribution in [0.15, 0.2) is 18.2 Å². The standard InChI is InChI=1S/C14H15ClN2O4/c1-14(2)9(10(14)13(20)21)12(19)17-6-3-4-8(15)7(5-6)11(16)18/h3-5,9-10H,1-2H3,(H2,16,18)(H,17,19)(H,20,21)/t9-,10-/m0/s1. The summed E-state index contributed by atoms with van der Waals surface area (Å²) in [6, 6.07) is 4.34. The van der Waals surface area contributed by atoms with Crippen LogP contribution in [-0.4, -0.2) is 22.9 Å². The van der Waals surface area contributed by atoms with E-state index in [0.717, 1.165) is 0 Å². The van der Waals surface area contributed by atoms with E-state index < -0.39 is 35.0 Å². The Labute approximate surface area is 126 Å². The molecule has 4 N–H and O–H groups in total. The number of rotatable bonds is 4. The van der Waals surface area contributed by atoms with Crippen LogP contribution in [0.4, 0.5) is 5.69 Å². The molecule has 2 amide bonds. The molecule has 0 aliphatic heterocycles. The Bertz CT molecular complexity index is 642. The van der Waals surface area contributed by atoms with Gasteiger partial charge in [0.25, 0.3) is 0 Å². The lowest BCUT2D eigenvalue weighted by molar-refractivity contribution is -0.140. The molecule has 0 bridgehead atoms. The first-order chi connectivity index (χ1) is 9.66. The SMILES string of the molecule is CC1(C)[C@H](C(=O)O)[C@H]1C(=O)Nc1ccc(Cl)c(C(N)=O)c1. The molecule has 1 aromatic rings. The van der Waals surface area contributed by atoms with E-state index >= 15 is 0 Å². The number of hydrogen-bond donors (Lipinski definition) is 3. The van der Waals surface area contributed by atoms with E-state index in [1.165, 1.54) is 18.2 Å². The monoisotopic (exact) mass is 310 g/mol. The summed E-state index contributed by atoms with van der Waals surface area (Å²) in [7, 11) is 0. The predicted octanol–water partition coefficient (Wildman–Crippen LogP) is 1.73. The minimum absolute atomic E-state index is 0.0966. The van der Waals surface area contributed by atoms with E-state index in [-0.39, 0.29) is 10.6 Å². The number of aliphatic carboxylic acids is 1. The van der Waals surface area contributed by atoms with Gasteiger partial charge in [-0.3, -0.25) is 14.4 Å². The summed E-state index contributed by atoms with van der Waals surface area (Å²) in [6.45, 7) is 3.46. The highest BCUT2D eigenvalue weighted by molar-refractivity contribution is 6.34. The first kappa shape index (κ1) is 15.3. The minimum Gasteiger partial charge on any atom is -0.481 e. The first-order valence-electron chi connectivity index (χ1n) is 6.29. The summed E-state index contributed by atoms with van der Waals surface area (Å²) in [5.41, 5.74) is 5.04. The van der Waals surface area contributed by atoms with Gasteiger partial charge < -0.3 is 16.2 Å². The summed E-state index contributed by atoms with van der Waals surface area (Å²) >= 11 is 5.82. The quantitative estimate of drug-likeness (QED) is 0.786. The molecule has 21 heavy (non-hydrogen) atoms. The normalized spacial score (nSPS) is 22.4. The maximum Gasteiger partial charge on any atom is 0.307 e. The molecule has 0 heterocycles. The number of nitrogens with two attached hydrogens (primary N) is 1. The number of carbonyl (C=O) groups is 3. The van der Waals surface area contributed by atoms with Gasteiger partial charge in [0.2, 0.25) is 11.8 Å². The van der Waals surface area contributed by atoms with Gasteiger partial charge in [-0.1, -0.05) is 25.4 Å². The fraction of sp³-hybridized carbons (Fsp3) is 0.357. The average molecular weight is 311 g/mol. The van der Waals surface area contributed by atoms with E-state index in [9.17, 15) is 14.4 Å². The zero-order chi connectivity index (χ0) is 15.9. The van der Waals surface area contributed by atoms with Crippen molar-refractivity contribution in [3.05, 3.63) is 28.8 Å². The van der Waals surface area contributed by atoms with Gasteiger partial charge in [0.05, 0.1) is 22.4 Å². The number of carbonyl (C=O) groups excluding carboxylic acids is 2. The molecule has 7 heteroatoms. The van der Waals surface area contributed by atoms with E-state index in [4.69, 9.17) is 22.4 Å². The van der Waals surface area contributed by atoms with Gasteiger partial charge in [-0.2, -0.15) is 0 Å². The van der Waals surface area contributed by atoms with Crippen molar-refractivity contribution in [1.29, 1.82) is 0 Å². The van der Waals surface area contributed by atoms with E-state index in [1.54, 1.807) is 13.8 Å².